The molecule has 1 aromatic carbocycles. The van der Waals surface area contributed by atoms with E-state index in [1.807, 2.05) is 0 Å². The molecule has 1 aliphatic carbocycles. The van der Waals surface area contributed by atoms with Crippen LogP contribution in [0.4, 0.5) is 4.39 Å². The van der Waals surface area contributed by atoms with Crippen LogP contribution in [-0.4, -0.2) is 201 Å². The number of likely N-dealkylation sites (tertiary alicyclic amines) is 1. The van der Waals surface area contributed by atoms with E-state index >= 15 is 4.39 Å². The summed E-state index contributed by atoms with van der Waals surface area (Å²) in [6.07, 6.45) is 3.03. The van der Waals surface area contributed by atoms with E-state index in [2.05, 4.69) is 37.2 Å². The number of carbonyl (C=O) groups excluding carboxylic acids is 11. The molecule has 0 saturated carbocycles. The minimum absolute atomic E-state index is 0.00592. The number of halogens is 1. The van der Waals surface area contributed by atoms with E-state index in [-0.39, 0.29) is 115 Å². The van der Waals surface area contributed by atoms with Crippen LogP contribution in [0.5, 0.6) is 0 Å². The molecular weight excluding hydrogens is 1130 g/mol. The zero-order valence-corrected chi connectivity index (χ0v) is 47.5. The van der Waals surface area contributed by atoms with Gasteiger partial charge in [0.05, 0.1) is 127 Å². The molecule has 1 fully saturated rings. The summed E-state index contributed by atoms with van der Waals surface area (Å²) < 4.78 is 43.6. The van der Waals surface area contributed by atoms with E-state index in [0.29, 0.717) is 71.6 Å². The Morgan fingerprint density at radius 3 is 1.87 bits per heavy atom. The van der Waals surface area contributed by atoms with Gasteiger partial charge in [-0.3, -0.25) is 57.6 Å². The van der Waals surface area contributed by atoms with E-state index in [9.17, 15) is 62.6 Å². The average Bonchev–Trinajstić information content (AvgIpc) is 1.46. The van der Waals surface area contributed by atoms with Crippen LogP contribution >= 0.6 is 0 Å². The molecule has 0 spiro atoms. The SMILES string of the molecule is CC[C@]1(O)C(=O)OCc2c1cc1n(c2=O)Cc2c-1nc1cc(F)c(C)c3c1c2[C@H](NC(=O)C1CN(C(=O)CNC(=O)CNC(=O)CNC(=O)CNC(=O)CNC(=O)CCOCCOCCOCCOCCNC(=O)CCN2C(=O)C=CC2=O)C1)CC3. The molecule has 1 saturated heterocycles. The van der Waals surface area contributed by atoms with E-state index in [1.165, 1.54) is 15.5 Å². The summed E-state index contributed by atoms with van der Waals surface area (Å²) in [6, 6.07) is 2.31. The van der Waals surface area contributed by atoms with Gasteiger partial charge in [0.1, 0.15) is 12.4 Å². The molecule has 86 heavy (non-hydrogen) atoms. The van der Waals surface area contributed by atoms with Gasteiger partial charge in [-0.2, -0.15) is 0 Å². The first-order chi connectivity index (χ1) is 41.3. The average molecular weight is 1200 g/mol. The van der Waals surface area contributed by atoms with Gasteiger partial charge in [0.15, 0.2) is 5.60 Å². The van der Waals surface area contributed by atoms with Gasteiger partial charge in [0.25, 0.3) is 17.4 Å². The minimum Gasteiger partial charge on any atom is -0.458 e. The first kappa shape index (κ1) is 63.4. The molecule has 2 atom stereocenters. The Labute approximate surface area is 490 Å². The molecule has 4 aliphatic heterocycles. The second kappa shape index (κ2) is 29.0. The molecule has 6 heterocycles. The second-order valence-electron chi connectivity index (χ2n) is 20.8. The smallest absolute Gasteiger partial charge is 0.343 e. The Kier molecular flexibility index (Phi) is 21.4. The molecule has 0 bridgehead atoms. The molecular formula is C56H68FN11O18. The van der Waals surface area contributed by atoms with Gasteiger partial charge in [-0.1, -0.05) is 6.92 Å². The van der Waals surface area contributed by atoms with Crippen molar-refractivity contribution in [2.24, 2.45) is 5.92 Å². The van der Waals surface area contributed by atoms with Crippen LogP contribution in [0.3, 0.4) is 0 Å². The fraction of sp³-hybridized carbons (Fsp3) is 0.518. The molecule has 8 N–H and O–H groups in total. The van der Waals surface area contributed by atoms with Crippen molar-refractivity contribution >= 4 is 75.9 Å². The van der Waals surface area contributed by atoms with Crippen LogP contribution in [0.15, 0.2) is 29.1 Å². The molecule has 0 unspecified atom stereocenters. The number of imide groups is 1. The highest BCUT2D eigenvalue weighted by atomic mass is 19.1. The Morgan fingerprint density at radius 1 is 0.709 bits per heavy atom. The van der Waals surface area contributed by atoms with Gasteiger partial charge >= 0.3 is 5.97 Å². The number of amides is 10. The van der Waals surface area contributed by atoms with Gasteiger partial charge in [0, 0.05) is 73.8 Å². The van der Waals surface area contributed by atoms with Crippen LogP contribution in [0.2, 0.25) is 0 Å². The number of nitrogens with zero attached hydrogens (tertiary/aromatic N) is 4. The van der Waals surface area contributed by atoms with Gasteiger partial charge in [-0.05, 0) is 48.9 Å². The van der Waals surface area contributed by atoms with Gasteiger partial charge in [0.2, 0.25) is 47.3 Å². The molecule has 29 nitrogen and oxygen atoms in total. The van der Waals surface area contributed by atoms with Crippen LogP contribution < -0.4 is 42.8 Å². The maximum absolute atomic E-state index is 15.4. The van der Waals surface area contributed by atoms with Crippen molar-refractivity contribution in [1.29, 1.82) is 0 Å². The number of benzene rings is 1. The summed E-state index contributed by atoms with van der Waals surface area (Å²) in [5.74, 6) is -7.27. The summed E-state index contributed by atoms with van der Waals surface area (Å²) in [6.45, 7) is 2.90. The number of aryl methyl sites for hydroxylation is 1. The minimum atomic E-state index is -2.05. The number of fused-ring (bicyclic) bond motifs is 5. The number of rotatable bonds is 31. The number of esters is 1. The predicted molar refractivity (Wildman–Crippen MR) is 295 cm³/mol. The van der Waals surface area contributed by atoms with Gasteiger partial charge in [-0.15, -0.1) is 0 Å². The van der Waals surface area contributed by atoms with Crippen molar-refractivity contribution in [3.63, 3.8) is 0 Å². The lowest BCUT2D eigenvalue weighted by molar-refractivity contribution is -0.172. The number of pyridine rings is 2. The number of carbonyl (C=O) groups is 11. The van der Waals surface area contributed by atoms with E-state index in [0.717, 1.165) is 22.6 Å². The van der Waals surface area contributed by atoms with Crippen molar-refractivity contribution in [3.8, 4) is 11.4 Å². The lowest BCUT2D eigenvalue weighted by Crippen LogP contribution is -2.58. The topological polar surface area (TPSA) is 380 Å². The Morgan fingerprint density at radius 2 is 1.27 bits per heavy atom. The van der Waals surface area contributed by atoms with Gasteiger partial charge < -0.3 is 75.5 Å². The highest BCUT2D eigenvalue weighted by molar-refractivity contribution is 6.13. The number of nitrogens with one attached hydrogen (secondary N) is 7. The lowest BCUT2D eigenvalue weighted by Gasteiger charge is -2.39. The Hall–Kier alpha value is -8.58. The van der Waals surface area contributed by atoms with Crippen LogP contribution in [0, 0.1) is 18.7 Å². The van der Waals surface area contributed by atoms with Gasteiger partial charge in [-0.25, -0.2) is 14.2 Å². The Bertz CT molecular complexity index is 3270. The fourth-order valence-corrected chi connectivity index (χ4v) is 10.3. The predicted octanol–water partition coefficient (Wildman–Crippen LogP) is -3.44. The largest absolute Gasteiger partial charge is 0.458 e. The molecule has 10 amide bonds. The maximum atomic E-state index is 15.4. The summed E-state index contributed by atoms with van der Waals surface area (Å²) >= 11 is 0. The summed E-state index contributed by atoms with van der Waals surface area (Å²) in [5.41, 5.74) is 1.28. The number of hydrogen-bond acceptors (Lipinski definition) is 19. The number of ether oxygens (including phenoxy) is 5. The second-order valence-corrected chi connectivity index (χ2v) is 20.8. The third kappa shape index (κ3) is 15.3. The third-order valence-corrected chi connectivity index (χ3v) is 15.1. The molecule has 30 heteroatoms. The monoisotopic (exact) mass is 1200 g/mol. The summed E-state index contributed by atoms with van der Waals surface area (Å²) in [4.78, 5) is 157. The van der Waals surface area contributed by atoms with Crippen molar-refractivity contribution in [1.82, 2.24) is 56.6 Å². The molecule has 2 aromatic heterocycles. The van der Waals surface area contributed by atoms with E-state index in [1.54, 1.807) is 19.9 Å². The highest BCUT2D eigenvalue weighted by Gasteiger charge is 2.46. The summed E-state index contributed by atoms with van der Waals surface area (Å²) in [7, 11) is 0. The third-order valence-electron chi connectivity index (χ3n) is 15.1. The lowest BCUT2D eigenvalue weighted by atomic mass is 9.81. The van der Waals surface area contributed by atoms with Crippen molar-refractivity contribution < 1.29 is 85.9 Å². The van der Waals surface area contributed by atoms with E-state index in [4.69, 9.17) is 28.7 Å². The Balaban J connectivity index is 0.637. The standard InChI is InChI=1S/C56H68FN11O18/c1-3-56(81)36-20-40-52-34(29-68(40)54(79)35(36)30-86-55(56)80)51-38(5-4-33-31(2)37(57)21-39(64-52)50(33)51)65-53(78)32-27-66(28-32)49(77)26-63-46(74)25-62-45(73)24-61-44(72)23-60-43(71)22-59-42(70)9-12-82-14-16-84-18-19-85-17-15-83-13-10-58-41(69)8-11-67-47(75)6-7-48(67)76/h6-7,20-21,32,38,81H,3-5,8-19,22-30H2,1-2H3,(H,58,69)(H,59,70)(H,60,71)(H,61,72)(H,62,73)(H,63,74)(H,65,78)/t38-,56-/m1/s1. The number of cyclic esters (lactones) is 1. The molecule has 3 aromatic rings. The molecule has 0 radical (unpaired) electrons. The van der Waals surface area contributed by atoms with E-state index < -0.39 is 115 Å². The quantitative estimate of drug-likeness (QED) is 0.0138. The number of aromatic nitrogens is 2. The van der Waals surface area contributed by atoms with Crippen molar-refractivity contribution in [3.05, 3.63) is 73.8 Å². The molecule has 5 aliphatic rings. The normalized spacial score (nSPS) is 17.3. The molecule has 462 valence electrons. The van der Waals surface area contributed by atoms with Crippen LogP contribution in [-0.2, 0) is 102 Å². The number of hydrogen-bond donors (Lipinski definition) is 8. The molecule has 8 rings (SSSR count). The highest BCUT2D eigenvalue weighted by Crippen LogP contribution is 2.46. The zero-order valence-electron chi connectivity index (χ0n) is 47.5. The van der Waals surface area contributed by atoms with Crippen molar-refractivity contribution in [2.75, 3.05) is 112 Å². The van der Waals surface area contributed by atoms with Crippen LogP contribution in [0.1, 0.15) is 72.0 Å². The van der Waals surface area contributed by atoms with Crippen molar-refractivity contribution in [2.45, 2.75) is 70.7 Å². The first-order valence-electron chi connectivity index (χ1n) is 28.1. The first-order valence-corrected chi connectivity index (χ1v) is 28.1. The van der Waals surface area contributed by atoms with Crippen LogP contribution in [0.25, 0.3) is 22.3 Å². The zero-order chi connectivity index (χ0) is 61.7. The maximum Gasteiger partial charge on any atom is 0.343 e. The summed E-state index contributed by atoms with van der Waals surface area (Å²) in [5, 5.41) is 29.5. The number of aliphatic hydroxyl groups is 1. The fourth-order valence-electron chi connectivity index (χ4n) is 10.3.